The lowest BCUT2D eigenvalue weighted by atomic mass is 9.82. The van der Waals surface area contributed by atoms with Crippen molar-refractivity contribution in [1.29, 1.82) is 5.26 Å². The summed E-state index contributed by atoms with van der Waals surface area (Å²) >= 11 is 1.05. The molecule has 3 N–H and O–H groups in total. The van der Waals surface area contributed by atoms with Crippen LogP contribution in [0.2, 0.25) is 0 Å². The maximum Gasteiger partial charge on any atom is 0.307 e. The van der Waals surface area contributed by atoms with E-state index in [2.05, 4.69) is 11.4 Å². The monoisotopic (exact) mass is 534 g/mol. The summed E-state index contributed by atoms with van der Waals surface area (Å²) < 4.78 is 15.6. The molecule has 4 rings (SSSR count). The van der Waals surface area contributed by atoms with Crippen LogP contribution in [-0.2, 0) is 25.7 Å². The maximum absolute atomic E-state index is 13.8. The highest BCUT2D eigenvalue weighted by atomic mass is 32.2. The molecule has 0 spiro atoms. The third-order valence-corrected chi connectivity index (χ3v) is 7.55. The second kappa shape index (κ2) is 11.3. The van der Waals surface area contributed by atoms with Crippen LogP contribution in [0.1, 0.15) is 23.5 Å². The van der Waals surface area contributed by atoms with E-state index in [0.29, 0.717) is 17.1 Å². The van der Waals surface area contributed by atoms with Crippen molar-refractivity contribution < 1.29 is 28.6 Å². The van der Waals surface area contributed by atoms with Crippen molar-refractivity contribution in [3.8, 4) is 17.6 Å². The van der Waals surface area contributed by atoms with E-state index in [1.807, 2.05) is 30.3 Å². The number of carbonyl (C=O) groups is 3. The van der Waals surface area contributed by atoms with E-state index in [1.54, 1.807) is 18.2 Å². The molecule has 2 amide bonds. The summed E-state index contributed by atoms with van der Waals surface area (Å²) in [6, 6.07) is 16.5. The number of hydrogen-bond acceptors (Lipinski definition) is 9. The Morgan fingerprint density at radius 2 is 1.87 bits per heavy atom. The van der Waals surface area contributed by atoms with Crippen molar-refractivity contribution >= 4 is 29.5 Å². The highest BCUT2D eigenvalue weighted by molar-refractivity contribution is 8.04. The van der Waals surface area contributed by atoms with Crippen LogP contribution in [-0.4, -0.2) is 49.3 Å². The van der Waals surface area contributed by atoms with Gasteiger partial charge in [0.1, 0.15) is 22.6 Å². The number of nitrogens with one attached hydrogen (secondary N) is 1. The standard InChI is InChI=1S/C27H26N4O6S/c1-35-16-9-10-17(19(11-16)36-2)22-18(13-28)24(29)31-26(34)20(12-21(32)37-3)38-27(31)23(22)25(33)30-14-15-7-5-4-6-8-15/h4-11,20,22H,12,14,29H2,1-3H3,(H,30,33)/t20-,22-/m1/s1. The summed E-state index contributed by atoms with van der Waals surface area (Å²) in [5.74, 6) is -1.73. The third kappa shape index (κ3) is 4.90. The molecular formula is C27H26N4O6S. The van der Waals surface area contributed by atoms with Gasteiger partial charge in [-0.15, -0.1) is 0 Å². The predicted molar refractivity (Wildman–Crippen MR) is 139 cm³/mol. The molecule has 196 valence electrons. The molecule has 2 aliphatic heterocycles. The number of esters is 1. The molecule has 2 atom stereocenters. The first-order valence-electron chi connectivity index (χ1n) is 11.6. The molecule has 2 aromatic carbocycles. The average Bonchev–Trinajstić information content (AvgIpc) is 3.26. The van der Waals surface area contributed by atoms with Crippen LogP contribution in [0.25, 0.3) is 0 Å². The average molecular weight is 535 g/mol. The Balaban J connectivity index is 1.87. The fourth-order valence-electron chi connectivity index (χ4n) is 4.39. The van der Waals surface area contributed by atoms with Gasteiger partial charge in [-0.3, -0.25) is 19.3 Å². The Hall–Kier alpha value is -4.43. The fraction of sp³-hybridized carbons (Fsp3) is 0.259. The van der Waals surface area contributed by atoms with E-state index in [0.717, 1.165) is 22.2 Å². The Morgan fingerprint density at radius 3 is 2.50 bits per heavy atom. The van der Waals surface area contributed by atoms with Gasteiger partial charge in [-0.25, -0.2) is 0 Å². The summed E-state index contributed by atoms with van der Waals surface area (Å²) in [6.45, 7) is 0.216. The lowest BCUT2D eigenvalue weighted by Gasteiger charge is -2.32. The van der Waals surface area contributed by atoms with Gasteiger partial charge in [-0.1, -0.05) is 48.2 Å². The molecule has 0 bridgehead atoms. The minimum atomic E-state index is -0.944. The second-order valence-corrected chi connectivity index (χ2v) is 9.59. The summed E-state index contributed by atoms with van der Waals surface area (Å²) in [6.07, 6.45) is -0.218. The van der Waals surface area contributed by atoms with Crippen LogP contribution in [0.5, 0.6) is 11.5 Å². The van der Waals surface area contributed by atoms with Gasteiger partial charge in [0.25, 0.3) is 5.91 Å². The number of nitrogens with zero attached hydrogens (tertiary/aromatic N) is 2. The van der Waals surface area contributed by atoms with E-state index in [4.69, 9.17) is 19.9 Å². The Morgan fingerprint density at radius 1 is 1.13 bits per heavy atom. The van der Waals surface area contributed by atoms with Crippen molar-refractivity contribution in [3.05, 3.63) is 81.7 Å². The minimum Gasteiger partial charge on any atom is -0.497 e. The number of hydrogen-bond donors (Lipinski definition) is 2. The Bertz CT molecular complexity index is 1380. The van der Waals surface area contributed by atoms with Crippen molar-refractivity contribution in [1.82, 2.24) is 10.2 Å². The zero-order chi connectivity index (χ0) is 27.4. The number of rotatable bonds is 8. The van der Waals surface area contributed by atoms with Gasteiger partial charge in [-0.2, -0.15) is 5.26 Å². The fourth-order valence-corrected chi connectivity index (χ4v) is 5.71. The number of methoxy groups -OCH3 is 3. The van der Waals surface area contributed by atoms with Gasteiger partial charge in [-0.05, 0) is 11.6 Å². The zero-order valence-corrected chi connectivity index (χ0v) is 21.8. The molecule has 0 unspecified atom stereocenters. The van der Waals surface area contributed by atoms with Crippen LogP contribution < -0.4 is 20.5 Å². The molecule has 2 aromatic rings. The van der Waals surface area contributed by atoms with Crippen LogP contribution in [0.3, 0.4) is 0 Å². The number of nitriles is 1. The molecule has 10 nitrogen and oxygen atoms in total. The van der Waals surface area contributed by atoms with Gasteiger partial charge >= 0.3 is 5.97 Å². The molecule has 0 aromatic heterocycles. The molecule has 1 fully saturated rings. The Kier molecular flexibility index (Phi) is 7.93. The van der Waals surface area contributed by atoms with Gasteiger partial charge < -0.3 is 25.3 Å². The van der Waals surface area contributed by atoms with Gasteiger partial charge in [0.05, 0.1) is 55.9 Å². The molecule has 2 aliphatic rings. The number of ether oxygens (including phenoxy) is 3. The van der Waals surface area contributed by atoms with Crippen LogP contribution in [0.15, 0.2) is 70.5 Å². The predicted octanol–water partition coefficient (Wildman–Crippen LogP) is 2.53. The quantitative estimate of drug-likeness (QED) is 0.488. The van der Waals surface area contributed by atoms with Crippen molar-refractivity contribution in [2.24, 2.45) is 5.73 Å². The highest BCUT2D eigenvalue weighted by Crippen LogP contribution is 2.51. The summed E-state index contributed by atoms with van der Waals surface area (Å²) in [4.78, 5) is 40.3. The number of nitrogens with two attached hydrogens (primary N) is 1. The summed E-state index contributed by atoms with van der Waals surface area (Å²) in [7, 11) is 4.21. The second-order valence-electron chi connectivity index (χ2n) is 8.40. The van der Waals surface area contributed by atoms with Gasteiger partial charge in [0.2, 0.25) is 5.91 Å². The summed E-state index contributed by atoms with van der Waals surface area (Å²) in [5.41, 5.74) is 7.92. The minimum absolute atomic E-state index is 0.00902. The van der Waals surface area contributed by atoms with Crippen LogP contribution >= 0.6 is 11.8 Å². The molecule has 2 heterocycles. The number of thioether (sulfide) groups is 1. The van der Waals surface area contributed by atoms with Gasteiger partial charge in [0.15, 0.2) is 0 Å². The number of allylic oxidation sites excluding steroid dienone is 1. The van der Waals surface area contributed by atoms with Crippen molar-refractivity contribution in [2.45, 2.75) is 24.1 Å². The largest absolute Gasteiger partial charge is 0.497 e. The third-order valence-electron chi connectivity index (χ3n) is 6.27. The van der Waals surface area contributed by atoms with E-state index in [9.17, 15) is 19.6 Å². The molecule has 0 radical (unpaired) electrons. The zero-order valence-electron chi connectivity index (χ0n) is 21.0. The van der Waals surface area contributed by atoms with Crippen LogP contribution in [0, 0.1) is 11.3 Å². The Labute approximate surface area is 224 Å². The van der Waals surface area contributed by atoms with Crippen LogP contribution in [0.4, 0.5) is 0 Å². The number of carbonyl (C=O) groups excluding carboxylic acids is 3. The topological polar surface area (TPSA) is 144 Å². The highest BCUT2D eigenvalue weighted by Gasteiger charge is 2.49. The number of fused-ring (bicyclic) bond motifs is 1. The van der Waals surface area contributed by atoms with E-state index < -0.39 is 29.0 Å². The van der Waals surface area contributed by atoms with Crippen molar-refractivity contribution in [3.63, 3.8) is 0 Å². The van der Waals surface area contributed by atoms with Gasteiger partial charge in [0, 0.05) is 18.2 Å². The summed E-state index contributed by atoms with van der Waals surface area (Å²) in [5, 5.41) is 12.5. The van der Waals surface area contributed by atoms with Crippen molar-refractivity contribution in [2.75, 3.05) is 21.3 Å². The number of amides is 2. The lowest BCUT2D eigenvalue weighted by molar-refractivity contribution is -0.142. The normalized spacial score (nSPS) is 18.6. The lowest BCUT2D eigenvalue weighted by Crippen LogP contribution is -2.40. The first-order chi connectivity index (χ1) is 18.3. The molecular weight excluding hydrogens is 508 g/mol. The molecule has 0 saturated carbocycles. The molecule has 38 heavy (non-hydrogen) atoms. The van der Waals surface area contributed by atoms with E-state index >= 15 is 0 Å². The SMILES string of the molecule is COC(=O)C[C@H]1SC2=C(C(=O)NCc3ccccc3)[C@H](c3ccc(OC)cc3OC)C(C#N)=C(N)N2C1=O. The smallest absolute Gasteiger partial charge is 0.307 e. The molecule has 11 heteroatoms. The molecule has 1 saturated heterocycles. The first-order valence-corrected chi connectivity index (χ1v) is 12.5. The maximum atomic E-state index is 13.8. The van der Waals surface area contributed by atoms with E-state index in [1.165, 1.54) is 21.3 Å². The first kappa shape index (κ1) is 26.6. The number of benzene rings is 2. The van der Waals surface area contributed by atoms with E-state index in [-0.39, 0.29) is 35.0 Å². The molecule has 0 aliphatic carbocycles.